The summed E-state index contributed by atoms with van der Waals surface area (Å²) in [6.45, 7) is 40.6. The third-order valence-electron chi connectivity index (χ3n) is 11.0. The molecular weight excluding hydrogens is 558 g/mol. The van der Waals surface area contributed by atoms with Gasteiger partial charge < -0.3 is 19.4 Å². The van der Waals surface area contributed by atoms with Gasteiger partial charge in [-0.05, 0) is 104 Å². The van der Waals surface area contributed by atoms with Crippen LogP contribution in [-0.2, 0) is 16.7 Å². The molecule has 8 heteroatoms. The Kier molecular flexibility index (Phi) is 12.6. The van der Waals surface area contributed by atoms with Crippen molar-refractivity contribution in [3.63, 3.8) is 0 Å². The SMILES string of the molecule is CC(C)(CCC(C)(C)N1CCN(CCCn2cc(C(C)(C)C)cn2)CC1)OCCN1CC[C@H](CN2CCN(C(C)(C)C)CC2)C1. The number of aryl methyl sites for hydroxylation is 1. The van der Waals surface area contributed by atoms with E-state index in [-0.39, 0.29) is 16.6 Å². The molecule has 3 aliphatic heterocycles. The fraction of sp³-hybridized carbons (Fsp3) is 0.919. The predicted molar refractivity (Wildman–Crippen MR) is 189 cm³/mol. The maximum absolute atomic E-state index is 6.53. The molecular formula is C37H71N7O. The minimum atomic E-state index is -0.0791. The van der Waals surface area contributed by atoms with Crippen LogP contribution in [0.1, 0.15) is 100 Å². The topological polar surface area (TPSA) is 43.3 Å². The van der Waals surface area contributed by atoms with Crippen molar-refractivity contribution in [1.29, 1.82) is 0 Å². The maximum Gasteiger partial charge on any atom is 0.0627 e. The number of nitrogens with zero attached hydrogens (tertiary/aromatic N) is 7. The Morgan fingerprint density at radius 2 is 1.36 bits per heavy atom. The predicted octanol–water partition coefficient (Wildman–Crippen LogP) is 5.28. The molecule has 0 bridgehead atoms. The fourth-order valence-corrected chi connectivity index (χ4v) is 7.43. The molecule has 0 aromatic carbocycles. The number of likely N-dealkylation sites (tertiary alicyclic amines) is 1. The van der Waals surface area contributed by atoms with Crippen LogP contribution in [0.3, 0.4) is 0 Å². The van der Waals surface area contributed by atoms with Crippen LogP contribution in [-0.4, -0.2) is 143 Å². The van der Waals surface area contributed by atoms with Crippen LogP contribution in [0.2, 0.25) is 0 Å². The Bertz CT molecular complexity index is 1010. The first-order chi connectivity index (χ1) is 21.0. The van der Waals surface area contributed by atoms with Crippen molar-refractivity contribution in [3.05, 3.63) is 18.0 Å². The first-order valence-corrected chi connectivity index (χ1v) is 18.3. The van der Waals surface area contributed by atoms with Crippen molar-refractivity contribution < 1.29 is 4.74 Å². The molecule has 0 unspecified atom stereocenters. The van der Waals surface area contributed by atoms with Gasteiger partial charge in [-0.2, -0.15) is 5.10 Å². The van der Waals surface area contributed by atoms with Gasteiger partial charge in [0.1, 0.15) is 0 Å². The Morgan fingerprint density at radius 3 is 1.98 bits per heavy atom. The van der Waals surface area contributed by atoms with Crippen LogP contribution in [0, 0.1) is 5.92 Å². The van der Waals surface area contributed by atoms with E-state index in [2.05, 4.69) is 110 Å². The fourth-order valence-electron chi connectivity index (χ4n) is 7.43. The molecule has 1 aromatic rings. The first kappa shape index (κ1) is 36.8. The molecule has 3 fully saturated rings. The zero-order valence-corrected chi connectivity index (χ0v) is 31.2. The molecule has 1 atom stereocenters. The van der Waals surface area contributed by atoms with E-state index in [9.17, 15) is 0 Å². The number of hydrogen-bond donors (Lipinski definition) is 0. The summed E-state index contributed by atoms with van der Waals surface area (Å²) in [6, 6.07) is 0. The van der Waals surface area contributed by atoms with Gasteiger partial charge in [-0.15, -0.1) is 0 Å². The van der Waals surface area contributed by atoms with Gasteiger partial charge in [0.2, 0.25) is 0 Å². The van der Waals surface area contributed by atoms with E-state index in [0.29, 0.717) is 5.54 Å². The summed E-state index contributed by atoms with van der Waals surface area (Å²) in [7, 11) is 0. The molecule has 0 N–H and O–H groups in total. The van der Waals surface area contributed by atoms with Gasteiger partial charge >= 0.3 is 0 Å². The monoisotopic (exact) mass is 630 g/mol. The molecule has 0 aliphatic carbocycles. The summed E-state index contributed by atoms with van der Waals surface area (Å²) in [5.41, 5.74) is 1.91. The Morgan fingerprint density at radius 1 is 0.711 bits per heavy atom. The highest BCUT2D eigenvalue weighted by atomic mass is 16.5. The third kappa shape index (κ3) is 11.6. The van der Waals surface area contributed by atoms with Crippen LogP contribution in [0.25, 0.3) is 0 Å². The lowest BCUT2D eigenvalue weighted by Crippen LogP contribution is -2.55. The average molecular weight is 630 g/mol. The van der Waals surface area contributed by atoms with E-state index in [1.165, 1.54) is 77.3 Å². The zero-order chi connectivity index (χ0) is 32.9. The smallest absolute Gasteiger partial charge is 0.0627 e. The summed E-state index contributed by atoms with van der Waals surface area (Å²) in [6.07, 6.45) is 9.03. The van der Waals surface area contributed by atoms with Crippen LogP contribution in [0.4, 0.5) is 0 Å². The molecule has 1 aromatic heterocycles. The normalized spacial score (nSPS) is 22.9. The Balaban J connectivity index is 1.07. The first-order valence-electron chi connectivity index (χ1n) is 18.3. The van der Waals surface area contributed by atoms with Crippen molar-refractivity contribution in [2.24, 2.45) is 5.92 Å². The van der Waals surface area contributed by atoms with E-state index in [1.807, 2.05) is 6.20 Å². The van der Waals surface area contributed by atoms with Crippen molar-refractivity contribution in [2.75, 3.05) is 91.7 Å². The average Bonchev–Trinajstić information content (AvgIpc) is 3.62. The second-order valence-corrected chi connectivity index (χ2v) is 17.8. The largest absolute Gasteiger partial charge is 0.374 e. The molecule has 0 amide bonds. The molecule has 45 heavy (non-hydrogen) atoms. The molecule has 260 valence electrons. The van der Waals surface area contributed by atoms with Gasteiger partial charge in [0.15, 0.2) is 0 Å². The molecule has 4 heterocycles. The Hall–Kier alpha value is -1.03. The van der Waals surface area contributed by atoms with Crippen molar-refractivity contribution >= 4 is 0 Å². The highest BCUT2D eigenvalue weighted by molar-refractivity contribution is 5.15. The van der Waals surface area contributed by atoms with E-state index >= 15 is 0 Å². The second kappa shape index (κ2) is 15.5. The van der Waals surface area contributed by atoms with E-state index < -0.39 is 0 Å². The van der Waals surface area contributed by atoms with Crippen LogP contribution in [0.15, 0.2) is 12.4 Å². The van der Waals surface area contributed by atoms with Crippen molar-refractivity contribution in [2.45, 2.75) is 124 Å². The van der Waals surface area contributed by atoms with Gasteiger partial charge in [-0.3, -0.25) is 14.5 Å². The number of hydrogen-bond acceptors (Lipinski definition) is 7. The van der Waals surface area contributed by atoms with Crippen LogP contribution < -0.4 is 0 Å². The number of piperazine rings is 2. The van der Waals surface area contributed by atoms with Gasteiger partial charge in [0.25, 0.3) is 0 Å². The summed E-state index contributed by atoms with van der Waals surface area (Å²) in [4.78, 5) is 13.4. The van der Waals surface area contributed by atoms with E-state index in [4.69, 9.17) is 4.74 Å². The highest BCUT2D eigenvalue weighted by Crippen LogP contribution is 2.28. The molecule has 0 spiro atoms. The molecule has 4 rings (SSSR count). The number of rotatable bonds is 14. The summed E-state index contributed by atoms with van der Waals surface area (Å²) < 4.78 is 8.66. The van der Waals surface area contributed by atoms with Gasteiger partial charge in [-0.25, -0.2) is 0 Å². The molecule has 3 saturated heterocycles. The lowest BCUT2D eigenvalue weighted by molar-refractivity contribution is -0.0438. The van der Waals surface area contributed by atoms with E-state index in [0.717, 1.165) is 58.1 Å². The van der Waals surface area contributed by atoms with E-state index in [1.54, 1.807) is 0 Å². The summed E-state index contributed by atoms with van der Waals surface area (Å²) in [5.74, 6) is 0.818. The standard InChI is InChI=1S/C37H71N7O/c1-34(2,3)33-28-38-44(31-33)16-11-15-39-18-24-43(25-19-39)36(7,8)13-14-37(9,10)45-27-26-40-17-12-32(29-40)30-41-20-22-42(23-21-41)35(4,5)6/h28,31-32H,11-27,29-30H2,1-10H3/t32-/m0/s1. The molecule has 0 radical (unpaired) electrons. The minimum absolute atomic E-state index is 0.0791. The van der Waals surface area contributed by atoms with Gasteiger partial charge in [-0.1, -0.05) is 20.8 Å². The van der Waals surface area contributed by atoms with Crippen LogP contribution >= 0.6 is 0 Å². The maximum atomic E-state index is 6.53. The number of aromatic nitrogens is 2. The number of ether oxygens (including phenoxy) is 1. The van der Waals surface area contributed by atoms with Gasteiger partial charge in [0, 0.05) is 95.8 Å². The lowest BCUT2D eigenvalue weighted by atomic mass is 9.89. The third-order valence-corrected chi connectivity index (χ3v) is 11.0. The molecule has 8 nitrogen and oxygen atoms in total. The summed E-state index contributed by atoms with van der Waals surface area (Å²) >= 11 is 0. The molecule has 3 aliphatic rings. The summed E-state index contributed by atoms with van der Waals surface area (Å²) in [5, 5.41) is 4.59. The van der Waals surface area contributed by atoms with Crippen LogP contribution in [0.5, 0.6) is 0 Å². The van der Waals surface area contributed by atoms with Crippen molar-refractivity contribution in [3.8, 4) is 0 Å². The Labute approximate surface area is 277 Å². The quantitative estimate of drug-likeness (QED) is 0.278. The zero-order valence-electron chi connectivity index (χ0n) is 31.2. The highest BCUT2D eigenvalue weighted by Gasteiger charge is 2.33. The second-order valence-electron chi connectivity index (χ2n) is 17.8. The van der Waals surface area contributed by atoms with Gasteiger partial charge in [0.05, 0.1) is 18.4 Å². The van der Waals surface area contributed by atoms with Crippen molar-refractivity contribution in [1.82, 2.24) is 34.3 Å². The lowest BCUT2D eigenvalue weighted by Gasteiger charge is -2.45. The molecule has 0 saturated carbocycles. The minimum Gasteiger partial charge on any atom is -0.374 e.